The van der Waals surface area contributed by atoms with Crippen LogP contribution in [-0.2, 0) is 0 Å². The minimum Gasteiger partial charge on any atom is -0.481 e. The van der Waals surface area contributed by atoms with Gasteiger partial charge in [-0.2, -0.15) is 0 Å². The fraction of sp³-hybridized carbons (Fsp3) is 0.400. The highest BCUT2D eigenvalue weighted by Crippen LogP contribution is 2.44. The second-order valence-electron chi connectivity index (χ2n) is 6.59. The predicted octanol–water partition coefficient (Wildman–Crippen LogP) is 3.55. The second-order valence-corrected chi connectivity index (χ2v) is 6.59. The average Bonchev–Trinajstić information content (AvgIpc) is 3.36. The van der Waals surface area contributed by atoms with E-state index in [4.69, 9.17) is 9.72 Å². The van der Waals surface area contributed by atoms with Crippen LogP contribution < -0.4 is 10.1 Å². The van der Waals surface area contributed by atoms with Gasteiger partial charge in [0, 0.05) is 29.6 Å². The van der Waals surface area contributed by atoms with E-state index < -0.39 is 0 Å². The molecule has 4 rings (SSSR count). The number of aromatic nitrogens is 2. The van der Waals surface area contributed by atoms with Gasteiger partial charge in [-0.15, -0.1) is 0 Å². The summed E-state index contributed by atoms with van der Waals surface area (Å²) in [4.78, 5) is 8.98. The number of ether oxygens (including phenoxy) is 1. The van der Waals surface area contributed by atoms with Crippen LogP contribution in [0.1, 0.15) is 48.4 Å². The molecule has 4 heteroatoms. The summed E-state index contributed by atoms with van der Waals surface area (Å²) in [5.41, 5.74) is 4.51. The molecule has 0 aromatic carbocycles. The molecule has 2 aromatic heterocycles. The summed E-state index contributed by atoms with van der Waals surface area (Å²) in [7, 11) is 1.71. The van der Waals surface area contributed by atoms with Gasteiger partial charge in [0.05, 0.1) is 12.8 Å². The zero-order valence-corrected chi connectivity index (χ0v) is 14.0. The lowest BCUT2D eigenvalue weighted by Crippen LogP contribution is -2.19. The molecule has 2 aliphatic rings. The Balaban J connectivity index is 1.75. The molecule has 0 amide bonds. The average molecular weight is 321 g/mol. The summed E-state index contributed by atoms with van der Waals surface area (Å²) in [5, 5.41) is 3.54. The second kappa shape index (κ2) is 6.73. The smallest absolute Gasteiger partial charge is 0.217 e. The third-order valence-corrected chi connectivity index (χ3v) is 4.83. The minimum atomic E-state index is 0.407. The van der Waals surface area contributed by atoms with Crippen molar-refractivity contribution < 1.29 is 4.74 Å². The molecule has 0 bridgehead atoms. The first-order valence-electron chi connectivity index (χ1n) is 8.76. The van der Waals surface area contributed by atoms with E-state index in [-0.39, 0.29) is 0 Å². The summed E-state index contributed by atoms with van der Waals surface area (Å²) in [5.74, 6) is 1.40. The van der Waals surface area contributed by atoms with Crippen molar-refractivity contribution in [1.29, 1.82) is 0 Å². The van der Waals surface area contributed by atoms with Gasteiger partial charge in [-0.3, -0.25) is 4.98 Å². The first kappa shape index (κ1) is 15.3. The molecule has 1 saturated carbocycles. The molecule has 1 saturated heterocycles. The van der Waals surface area contributed by atoms with E-state index in [1.165, 1.54) is 31.2 Å². The van der Waals surface area contributed by atoms with Crippen molar-refractivity contribution in [3.8, 4) is 5.88 Å². The van der Waals surface area contributed by atoms with Gasteiger partial charge < -0.3 is 10.1 Å². The Labute approximate surface area is 143 Å². The summed E-state index contributed by atoms with van der Waals surface area (Å²) >= 11 is 0. The van der Waals surface area contributed by atoms with Crippen LogP contribution in [0.2, 0.25) is 0 Å². The number of nitrogens with one attached hydrogen (secondary N) is 1. The number of hydrogen-bond acceptors (Lipinski definition) is 4. The van der Waals surface area contributed by atoms with Crippen LogP contribution in [0.4, 0.5) is 0 Å². The molecular formula is C20H23N3O. The SMILES string of the molecule is COc1nc(/C(=C/[C@H]2CCCN2)c2ccncc2)ccc1C1CC1. The molecule has 0 spiro atoms. The molecule has 2 fully saturated rings. The topological polar surface area (TPSA) is 47.0 Å². The van der Waals surface area contributed by atoms with Gasteiger partial charge in [0.15, 0.2) is 0 Å². The minimum absolute atomic E-state index is 0.407. The Kier molecular flexibility index (Phi) is 4.30. The first-order chi connectivity index (χ1) is 11.8. The summed E-state index contributed by atoms with van der Waals surface area (Å²) in [6, 6.07) is 8.82. The third kappa shape index (κ3) is 3.20. The molecule has 124 valence electrons. The van der Waals surface area contributed by atoms with Crippen molar-refractivity contribution >= 4 is 5.57 Å². The summed E-state index contributed by atoms with van der Waals surface area (Å²) < 4.78 is 5.58. The zero-order valence-electron chi connectivity index (χ0n) is 14.0. The highest BCUT2D eigenvalue weighted by molar-refractivity contribution is 5.78. The number of nitrogens with zero attached hydrogens (tertiary/aromatic N) is 2. The van der Waals surface area contributed by atoms with Gasteiger partial charge in [-0.25, -0.2) is 4.98 Å². The fourth-order valence-electron chi connectivity index (χ4n) is 3.39. The number of pyridine rings is 2. The van der Waals surface area contributed by atoms with Crippen LogP contribution >= 0.6 is 0 Å². The van der Waals surface area contributed by atoms with Crippen LogP contribution in [0.3, 0.4) is 0 Å². The Bertz CT molecular complexity index is 732. The van der Waals surface area contributed by atoms with Crippen LogP contribution in [0.15, 0.2) is 42.7 Å². The molecule has 24 heavy (non-hydrogen) atoms. The molecule has 1 aliphatic heterocycles. The maximum Gasteiger partial charge on any atom is 0.217 e. The quantitative estimate of drug-likeness (QED) is 0.915. The van der Waals surface area contributed by atoms with Gasteiger partial charge in [-0.05, 0) is 61.9 Å². The van der Waals surface area contributed by atoms with E-state index in [0.29, 0.717) is 12.0 Å². The first-order valence-corrected chi connectivity index (χ1v) is 8.76. The van der Waals surface area contributed by atoms with Crippen LogP contribution in [-0.4, -0.2) is 29.7 Å². The van der Waals surface area contributed by atoms with Crippen LogP contribution in [0.5, 0.6) is 5.88 Å². The number of rotatable bonds is 5. The van der Waals surface area contributed by atoms with Gasteiger partial charge in [-0.1, -0.05) is 12.1 Å². The maximum atomic E-state index is 5.58. The van der Waals surface area contributed by atoms with E-state index in [0.717, 1.165) is 29.3 Å². The molecule has 4 nitrogen and oxygen atoms in total. The summed E-state index contributed by atoms with van der Waals surface area (Å²) in [6.07, 6.45) is 10.9. The van der Waals surface area contributed by atoms with Gasteiger partial charge in [0.2, 0.25) is 5.88 Å². The number of methoxy groups -OCH3 is 1. The maximum absolute atomic E-state index is 5.58. The molecular weight excluding hydrogens is 298 g/mol. The lowest BCUT2D eigenvalue weighted by atomic mass is 9.99. The van der Waals surface area contributed by atoms with E-state index in [2.05, 4.69) is 28.5 Å². The molecule has 0 unspecified atom stereocenters. The lowest BCUT2D eigenvalue weighted by Gasteiger charge is -2.14. The van der Waals surface area contributed by atoms with Crippen molar-refractivity contribution in [2.24, 2.45) is 0 Å². The normalized spacial score (nSPS) is 21.0. The van der Waals surface area contributed by atoms with Crippen LogP contribution in [0, 0.1) is 0 Å². The Morgan fingerprint density at radius 2 is 2.00 bits per heavy atom. The zero-order chi connectivity index (χ0) is 16.4. The molecule has 0 radical (unpaired) electrons. The fourth-order valence-corrected chi connectivity index (χ4v) is 3.39. The van der Waals surface area contributed by atoms with Crippen molar-refractivity contribution in [3.05, 3.63) is 59.6 Å². The standard InChI is InChI=1S/C20H23N3O/c1-24-20-17(14-4-5-14)6-7-19(23-20)18(13-16-3-2-10-22-16)15-8-11-21-12-9-15/h6-9,11-14,16,22H,2-5,10H2,1H3/b18-13+/t16-/m1/s1. The monoisotopic (exact) mass is 321 g/mol. The van der Waals surface area contributed by atoms with E-state index in [1.54, 1.807) is 7.11 Å². The Morgan fingerprint density at radius 3 is 2.67 bits per heavy atom. The van der Waals surface area contributed by atoms with Gasteiger partial charge >= 0.3 is 0 Å². The summed E-state index contributed by atoms with van der Waals surface area (Å²) in [6.45, 7) is 1.09. The molecule has 1 atom stereocenters. The van der Waals surface area contributed by atoms with Crippen molar-refractivity contribution in [3.63, 3.8) is 0 Å². The predicted molar refractivity (Wildman–Crippen MR) is 95.1 cm³/mol. The Hall–Kier alpha value is -2.20. The highest BCUT2D eigenvalue weighted by Gasteiger charge is 2.28. The van der Waals surface area contributed by atoms with E-state index >= 15 is 0 Å². The van der Waals surface area contributed by atoms with Crippen molar-refractivity contribution in [2.45, 2.75) is 37.6 Å². The van der Waals surface area contributed by atoms with Crippen LogP contribution in [0.25, 0.3) is 5.57 Å². The van der Waals surface area contributed by atoms with E-state index in [1.807, 2.05) is 24.5 Å². The van der Waals surface area contributed by atoms with Crippen molar-refractivity contribution in [1.82, 2.24) is 15.3 Å². The third-order valence-electron chi connectivity index (χ3n) is 4.83. The van der Waals surface area contributed by atoms with E-state index in [9.17, 15) is 0 Å². The van der Waals surface area contributed by atoms with Gasteiger partial charge in [0.25, 0.3) is 0 Å². The molecule has 2 aromatic rings. The highest BCUT2D eigenvalue weighted by atomic mass is 16.5. The Morgan fingerprint density at radius 1 is 1.17 bits per heavy atom. The molecule has 1 aliphatic carbocycles. The lowest BCUT2D eigenvalue weighted by molar-refractivity contribution is 0.392. The molecule has 3 heterocycles. The largest absolute Gasteiger partial charge is 0.481 e. The molecule has 1 N–H and O–H groups in total. The number of hydrogen-bond donors (Lipinski definition) is 1. The van der Waals surface area contributed by atoms with Gasteiger partial charge in [0.1, 0.15) is 0 Å². The van der Waals surface area contributed by atoms with Crippen molar-refractivity contribution in [2.75, 3.05) is 13.7 Å².